The average molecular weight is 277 g/mol. The molecule has 0 spiro atoms. The van der Waals surface area contributed by atoms with Crippen molar-refractivity contribution in [3.63, 3.8) is 0 Å². The van der Waals surface area contributed by atoms with Crippen LogP contribution in [-0.2, 0) is 6.61 Å². The number of aliphatic hydroxyl groups is 1. The van der Waals surface area contributed by atoms with E-state index < -0.39 is 11.9 Å². The second-order valence-corrected chi connectivity index (χ2v) is 4.38. The third kappa shape index (κ3) is 3.45. The fraction of sp³-hybridized carbons (Fsp3) is 0.267. The molecule has 1 aromatic heterocycles. The van der Waals surface area contributed by atoms with Gasteiger partial charge in [-0.25, -0.2) is 4.39 Å². The van der Waals surface area contributed by atoms with Gasteiger partial charge in [-0.3, -0.25) is 4.98 Å². The van der Waals surface area contributed by atoms with Crippen LogP contribution < -0.4 is 9.47 Å². The topological polar surface area (TPSA) is 51.6 Å². The van der Waals surface area contributed by atoms with E-state index in [1.165, 1.54) is 12.3 Å². The van der Waals surface area contributed by atoms with Crippen LogP contribution in [0.5, 0.6) is 11.5 Å². The second-order valence-electron chi connectivity index (χ2n) is 4.38. The van der Waals surface area contributed by atoms with Crippen LogP contribution in [0.25, 0.3) is 0 Å². The number of halogens is 1. The zero-order chi connectivity index (χ0) is 14.5. The molecule has 0 saturated carbocycles. The number of aromatic nitrogens is 1. The normalized spacial score (nSPS) is 12.0. The SMILES string of the molecule is COc1ccc(C(C)O)c(OCc2cncc(F)c2)c1. The number of benzene rings is 1. The largest absolute Gasteiger partial charge is 0.497 e. The number of ether oxygens (including phenoxy) is 2. The molecular formula is C15H16FNO3. The molecule has 0 aliphatic rings. The minimum absolute atomic E-state index is 0.164. The first kappa shape index (κ1) is 14.3. The maximum absolute atomic E-state index is 13.0. The molecule has 1 aromatic carbocycles. The lowest BCUT2D eigenvalue weighted by Gasteiger charge is -2.14. The quantitative estimate of drug-likeness (QED) is 0.913. The standard InChI is InChI=1S/C15H16FNO3/c1-10(18)14-4-3-13(19-2)6-15(14)20-9-11-5-12(16)8-17-7-11/h3-8,10,18H,9H2,1-2H3. The molecule has 2 rings (SSSR count). The van der Waals surface area contributed by atoms with Crippen molar-refractivity contribution in [3.8, 4) is 11.5 Å². The molecule has 1 atom stereocenters. The van der Waals surface area contributed by atoms with Gasteiger partial charge >= 0.3 is 0 Å². The lowest BCUT2D eigenvalue weighted by molar-refractivity contribution is 0.189. The Labute approximate surface area is 116 Å². The Morgan fingerprint density at radius 3 is 2.75 bits per heavy atom. The van der Waals surface area contributed by atoms with Crippen LogP contribution in [0.3, 0.4) is 0 Å². The zero-order valence-electron chi connectivity index (χ0n) is 11.3. The summed E-state index contributed by atoms with van der Waals surface area (Å²) < 4.78 is 23.8. The van der Waals surface area contributed by atoms with Gasteiger partial charge in [0, 0.05) is 23.4 Å². The summed E-state index contributed by atoms with van der Waals surface area (Å²) in [4.78, 5) is 3.76. The van der Waals surface area contributed by atoms with E-state index in [-0.39, 0.29) is 6.61 Å². The predicted molar refractivity (Wildman–Crippen MR) is 72.2 cm³/mol. The summed E-state index contributed by atoms with van der Waals surface area (Å²) in [5.41, 5.74) is 1.26. The van der Waals surface area contributed by atoms with E-state index in [0.29, 0.717) is 22.6 Å². The van der Waals surface area contributed by atoms with E-state index in [1.54, 1.807) is 32.2 Å². The highest BCUT2D eigenvalue weighted by Gasteiger charge is 2.11. The molecule has 106 valence electrons. The number of hydrogen-bond acceptors (Lipinski definition) is 4. The van der Waals surface area contributed by atoms with Crippen LogP contribution in [0.15, 0.2) is 36.7 Å². The van der Waals surface area contributed by atoms with Crippen LogP contribution in [0.2, 0.25) is 0 Å². The Hall–Kier alpha value is -2.14. The highest BCUT2D eigenvalue weighted by Crippen LogP contribution is 2.30. The Balaban J connectivity index is 2.19. The Kier molecular flexibility index (Phi) is 4.53. The highest BCUT2D eigenvalue weighted by molar-refractivity contribution is 5.41. The van der Waals surface area contributed by atoms with Crippen LogP contribution in [-0.4, -0.2) is 17.2 Å². The van der Waals surface area contributed by atoms with Gasteiger partial charge in [0.15, 0.2) is 0 Å². The summed E-state index contributed by atoms with van der Waals surface area (Å²) in [5.74, 6) is 0.720. The van der Waals surface area contributed by atoms with E-state index in [1.807, 2.05) is 0 Å². The first-order valence-corrected chi connectivity index (χ1v) is 6.18. The molecule has 0 radical (unpaired) electrons. The molecular weight excluding hydrogens is 261 g/mol. The third-order valence-corrected chi connectivity index (χ3v) is 2.83. The Morgan fingerprint density at radius 1 is 1.30 bits per heavy atom. The monoisotopic (exact) mass is 277 g/mol. The van der Waals surface area contributed by atoms with Crippen LogP contribution in [0.4, 0.5) is 4.39 Å². The highest BCUT2D eigenvalue weighted by atomic mass is 19.1. The molecule has 5 heteroatoms. The van der Waals surface area contributed by atoms with Gasteiger partial charge in [0.25, 0.3) is 0 Å². The van der Waals surface area contributed by atoms with Crippen LogP contribution >= 0.6 is 0 Å². The minimum atomic E-state index is -0.665. The lowest BCUT2D eigenvalue weighted by Crippen LogP contribution is -2.02. The number of aliphatic hydroxyl groups excluding tert-OH is 1. The van der Waals surface area contributed by atoms with Crippen LogP contribution in [0, 0.1) is 5.82 Å². The Morgan fingerprint density at radius 2 is 2.10 bits per heavy atom. The van der Waals surface area contributed by atoms with Gasteiger partial charge in [-0.15, -0.1) is 0 Å². The first-order valence-electron chi connectivity index (χ1n) is 6.18. The van der Waals surface area contributed by atoms with E-state index in [2.05, 4.69) is 4.98 Å². The van der Waals surface area contributed by atoms with E-state index >= 15 is 0 Å². The fourth-order valence-corrected chi connectivity index (χ4v) is 1.81. The van der Waals surface area contributed by atoms with E-state index in [0.717, 1.165) is 6.20 Å². The van der Waals surface area contributed by atoms with Gasteiger partial charge in [0.1, 0.15) is 23.9 Å². The Bertz CT molecular complexity index is 587. The van der Waals surface area contributed by atoms with E-state index in [4.69, 9.17) is 9.47 Å². The van der Waals surface area contributed by atoms with Crippen molar-refractivity contribution in [2.75, 3.05) is 7.11 Å². The molecule has 0 amide bonds. The van der Waals surface area contributed by atoms with Gasteiger partial charge in [0.05, 0.1) is 19.4 Å². The average Bonchev–Trinajstić information content (AvgIpc) is 2.44. The van der Waals surface area contributed by atoms with Crippen molar-refractivity contribution in [2.45, 2.75) is 19.6 Å². The molecule has 0 aliphatic heterocycles. The fourth-order valence-electron chi connectivity index (χ4n) is 1.81. The molecule has 20 heavy (non-hydrogen) atoms. The van der Waals surface area contributed by atoms with Crippen molar-refractivity contribution in [1.82, 2.24) is 4.98 Å². The number of pyridine rings is 1. The van der Waals surface area contributed by atoms with Crippen LogP contribution in [0.1, 0.15) is 24.2 Å². The first-order chi connectivity index (χ1) is 9.60. The van der Waals surface area contributed by atoms with Crippen molar-refractivity contribution in [3.05, 3.63) is 53.6 Å². The zero-order valence-corrected chi connectivity index (χ0v) is 11.3. The molecule has 1 N–H and O–H groups in total. The predicted octanol–water partition coefficient (Wildman–Crippen LogP) is 2.86. The van der Waals surface area contributed by atoms with Gasteiger partial charge in [-0.2, -0.15) is 0 Å². The summed E-state index contributed by atoms with van der Waals surface area (Å²) in [6.07, 6.45) is 2.00. The van der Waals surface area contributed by atoms with Crippen molar-refractivity contribution < 1.29 is 19.0 Å². The van der Waals surface area contributed by atoms with Gasteiger partial charge in [-0.1, -0.05) is 0 Å². The van der Waals surface area contributed by atoms with E-state index in [9.17, 15) is 9.50 Å². The van der Waals surface area contributed by atoms with Gasteiger partial charge < -0.3 is 14.6 Å². The summed E-state index contributed by atoms with van der Waals surface area (Å²) in [6, 6.07) is 6.53. The molecule has 2 aromatic rings. The third-order valence-electron chi connectivity index (χ3n) is 2.83. The summed E-state index contributed by atoms with van der Waals surface area (Å²) >= 11 is 0. The maximum atomic E-state index is 13.0. The van der Waals surface area contributed by atoms with Gasteiger partial charge in [0.2, 0.25) is 0 Å². The molecule has 1 heterocycles. The summed E-state index contributed by atoms with van der Waals surface area (Å²) in [7, 11) is 1.55. The molecule has 4 nitrogen and oxygen atoms in total. The number of nitrogens with zero attached hydrogens (tertiary/aromatic N) is 1. The second kappa shape index (κ2) is 6.34. The van der Waals surface area contributed by atoms with Crippen molar-refractivity contribution >= 4 is 0 Å². The maximum Gasteiger partial charge on any atom is 0.141 e. The molecule has 1 unspecified atom stereocenters. The summed E-state index contributed by atoms with van der Waals surface area (Å²) in [6.45, 7) is 1.82. The molecule has 0 aliphatic carbocycles. The number of rotatable bonds is 5. The summed E-state index contributed by atoms with van der Waals surface area (Å²) in [5, 5.41) is 9.72. The number of hydrogen-bond donors (Lipinski definition) is 1. The molecule has 0 fully saturated rings. The van der Waals surface area contributed by atoms with Gasteiger partial charge in [-0.05, 0) is 25.1 Å². The molecule has 0 bridgehead atoms. The number of methoxy groups -OCH3 is 1. The minimum Gasteiger partial charge on any atom is -0.497 e. The molecule has 0 saturated heterocycles. The smallest absolute Gasteiger partial charge is 0.141 e. The van der Waals surface area contributed by atoms with Crippen molar-refractivity contribution in [2.24, 2.45) is 0 Å². The lowest BCUT2D eigenvalue weighted by atomic mass is 10.1. The van der Waals surface area contributed by atoms with Crippen molar-refractivity contribution in [1.29, 1.82) is 0 Å².